The van der Waals surface area contributed by atoms with Crippen molar-refractivity contribution in [2.45, 2.75) is 19.4 Å². The lowest BCUT2D eigenvalue weighted by molar-refractivity contribution is 0.141. The van der Waals surface area contributed by atoms with Gasteiger partial charge in [-0.3, -0.25) is 4.90 Å². The normalized spacial score (nSPS) is 18.8. The summed E-state index contributed by atoms with van der Waals surface area (Å²) in [5.74, 6) is 0.335. The molecule has 4 heteroatoms. The van der Waals surface area contributed by atoms with Gasteiger partial charge in [0.2, 0.25) is 0 Å². The third-order valence-corrected chi connectivity index (χ3v) is 3.60. The van der Waals surface area contributed by atoms with Crippen LogP contribution in [0, 0.1) is 6.92 Å². The number of hydrogen-bond donors (Lipinski definition) is 3. The second-order valence-electron chi connectivity index (χ2n) is 4.86. The topological polar surface area (TPSA) is 55.7 Å². The number of benzene rings is 1. The maximum atomic E-state index is 9.59. The largest absolute Gasteiger partial charge is 0.508 e. The van der Waals surface area contributed by atoms with E-state index < -0.39 is 0 Å². The van der Waals surface area contributed by atoms with Crippen molar-refractivity contribution in [1.29, 1.82) is 0 Å². The standard InChI is InChI=1S/C14H22N2O2/c1-11-10-12(2-3-14(11)18)13(4-9-17)16-7-5-15-6-8-16/h2-3,10,13,15,17-18H,4-9H2,1H3/t13-/m0/s1. The van der Waals surface area contributed by atoms with E-state index in [1.54, 1.807) is 6.07 Å². The van der Waals surface area contributed by atoms with Gasteiger partial charge in [-0.25, -0.2) is 0 Å². The van der Waals surface area contributed by atoms with E-state index in [9.17, 15) is 10.2 Å². The smallest absolute Gasteiger partial charge is 0.118 e. The molecule has 0 aliphatic carbocycles. The molecule has 1 fully saturated rings. The summed E-state index contributed by atoms with van der Waals surface area (Å²) in [6.45, 7) is 6.11. The van der Waals surface area contributed by atoms with E-state index in [1.807, 2.05) is 19.1 Å². The quantitative estimate of drug-likeness (QED) is 0.747. The summed E-state index contributed by atoms with van der Waals surface area (Å²) in [6.07, 6.45) is 0.740. The lowest BCUT2D eigenvalue weighted by Crippen LogP contribution is -2.45. The second kappa shape index (κ2) is 6.18. The van der Waals surface area contributed by atoms with Crippen molar-refractivity contribution < 1.29 is 10.2 Å². The Labute approximate surface area is 108 Å². The summed E-state index contributed by atoms with van der Waals surface area (Å²) >= 11 is 0. The van der Waals surface area contributed by atoms with E-state index in [4.69, 9.17) is 0 Å². The molecule has 0 saturated carbocycles. The highest BCUT2D eigenvalue weighted by Crippen LogP contribution is 2.28. The molecule has 0 amide bonds. The third-order valence-electron chi connectivity index (χ3n) is 3.60. The summed E-state index contributed by atoms with van der Waals surface area (Å²) < 4.78 is 0. The van der Waals surface area contributed by atoms with Crippen LogP contribution in [0.3, 0.4) is 0 Å². The van der Waals surface area contributed by atoms with Crippen LogP contribution in [0.25, 0.3) is 0 Å². The predicted octanol–water partition coefficient (Wildman–Crippen LogP) is 1.03. The Bertz CT molecular complexity index is 389. The Hall–Kier alpha value is -1.10. The van der Waals surface area contributed by atoms with Crippen LogP contribution < -0.4 is 5.32 Å². The molecule has 1 aromatic rings. The van der Waals surface area contributed by atoms with Gasteiger partial charge in [-0.2, -0.15) is 0 Å². The maximum absolute atomic E-state index is 9.59. The van der Waals surface area contributed by atoms with Crippen LogP contribution in [-0.2, 0) is 0 Å². The zero-order valence-electron chi connectivity index (χ0n) is 10.9. The molecule has 1 aliphatic rings. The van der Waals surface area contributed by atoms with Gasteiger partial charge >= 0.3 is 0 Å². The number of aromatic hydroxyl groups is 1. The van der Waals surface area contributed by atoms with Crippen molar-refractivity contribution in [3.63, 3.8) is 0 Å². The number of phenolic OH excluding ortho intramolecular Hbond substituents is 1. The molecule has 1 heterocycles. The van der Waals surface area contributed by atoms with E-state index in [2.05, 4.69) is 10.2 Å². The van der Waals surface area contributed by atoms with Gasteiger partial charge in [0, 0.05) is 38.8 Å². The van der Waals surface area contributed by atoms with E-state index in [-0.39, 0.29) is 12.6 Å². The predicted molar refractivity (Wildman–Crippen MR) is 71.7 cm³/mol. The number of nitrogens with one attached hydrogen (secondary N) is 1. The van der Waals surface area contributed by atoms with Crippen LogP contribution in [0.1, 0.15) is 23.6 Å². The van der Waals surface area contributed by atoms with E-state index in [1.165, 1.54) is 5.56 Å². The molecule has 18 heavy (non-hydrogen) atoms. The van der Waals surface area contributed by atoms with Crippen LogP contribution in [0.2, 0.25) is 0 Å². The summed E-state index contributed by atoms with van der Waals surface area (Å²) in [5, 5.41) is 22.2. The first-order valence-corrected chi connectivity index (χ1v) is 6.57. The Morgan fingerprint density at radius 1 is 1.33 bits per heavy atom. The molecule has 4 nitrogen and oxygen atoms in total. The number of phenols is 1. The summed E-state index contributed by atoms with van der Waals surface area (Å²) in [7, 11) is 0. The van der Waals surface area contributed by atoms with Gasteiger partial charge in [0.25, 0.3) is 0 Å². The van der Waals surface area contributed by atoms with E-state index in [0.29, 0.717) is 5.75 Å². The molecule has 2 rings (SSSR count). The summed E-state index contributed by atoms with van der Waals surface area (Å²) in [4.78, 5) is 2.40. The Morgan fingerprint density at radius 3 is 2.67 bits per heavy atom. The van der Waals surface area contributed by atoms with Gasteiger partial charge in [0.1, 0.15) is 5.75 Å². The van der Waals surface area contributed by atoms with Crippen LogP contribution in [-0.4, -0.2) is 47.9 Å². The zero-order chi connectivity index (χ0) is 13.0. The molecule has 0 radical (unpaired) electrons. The number of aliphatic hydroxyl groups excluding tert-OH is 1. The van der Waals surface area contributed by atoms with Crippen molar-refractivity contribution in [3.05, 3.63) is 29.3 Å². The summed E-state index contributed by atoms with van der Waals surface area (Å²) in [5.41, 5.74) is 2.08. The van der Waals surface area contributed by atoms with Gasteiger partial charge in [-0.05, 0) is 30.5 Å². The van der Waals surface area contributed by atoms with Crippen molar-refractivity contribution in [2.75, 3.05) is 32.8 Å². The van der Waals surface area contributed by atoms with E-state index in [0.717, 1.165) is 38.2 Å². The average Bonchev–Trinajstić information content (AvgIpc) is 2.40. The van der Waals surface area contributed by atoms with Crippen molar-refractivity contribution in [2.24, 2.45) is 0 Å². The Balaban J connectivity index is 2.19. The van der Waals surface area contributed by atoms with Crippen molar-refractivity contribution in [1.82, 2.24) is 10.2 Å². The number of piperazine rings is 1. The minimum Gasteiger partial charge on any atom is -0.508 e. The molecular formula is C14H22N2O2. The number of aryl methyl sites for hydroxylation is 1. The molecule has 1 atom stereocenters. The molecule has 1 saturated heterocycles. The minimum atomic E-state index is 0.189. The average molecular weight is 250 g/mol. The molecular weight excluding hydrogens is 228 g/mol. The highest BCUT2D eigenvalue weighted by Gasteiger charge is 2.21. The van der Waals surface area contributed by atoms with Crippen LogP contribution >= 0.6 is 0 Å². The van der Waals surface area contributed by atoms with Crippen LogP contribution in [0.4, 0.5) is 0 Å². The molecule has 1 aliphatic heterocycles. The first-order chi connectivity index (χ1) is 8.72. The van der Waals surface area contributed by atoms with Crippen molar-refractivity contribution in [3.8, 4) is 5.75 Å². The molecule has 3 N–H and O–H groups in total. The Morgan fingerprint density at radius 2 is 2.06 bits per heavy atom. The molecule has 1 aromatic carbocycles. The molecule has 100 valence electrons. The first kappa shape index (κ1) is 13.3. The monoisotopic (exact) mass is 250 g/mol. The zero-order valence-corrected chi connectivity index (χ0v) is 10.9. The van der Waals surface area contributed by atoms with Gasteiger partial charge in [0.15, 0.2) is 0 Å². The first-order valence-electron chi connectivity index (χ1n) is 6.57. The van der Waals surface area contributed by atoms with Crippen molar-refractivity contribution >= 4 is 0 Å². The fraction of sp³-hybridized carbons (Fsp3) is 0.571. The summed E-state index contributed by atoms with van der Waals surface area (Å²) in [6, 6.07) is 5.98. The second-order valence-corrected chi connectivity index (χ2v) is 4.86. The molecule has 0 aromatic heterocycles. The minimum absolute atomic E-state index is 0.189. The third kappa shape index (κ3) is 3.02. The van der Waals surface area contributed by atoms with Gasteiger partial charge in [0.05, 0.1) is 0 Å². The number of rotatable bonds is 4. The Kier molecular flexibility index (Phi) is 4.58. The van der Waals surface area contributed by atoms with Crippen LogP contribution in [0.15, 0.2) is 18.2 Å². The van der Waals surface area contributed by atoms with Gasteiger partial charge in [-0.15, -0.1) is 0 Å². The number of hydrogen-bond acceptors (Lipinski definition) is 4. The molecule has 0 unspecified atom stereocenters. The SMILES string of the molecule is Cc1cc([C@H](CCO)N2CCNCC2)ccc1O. The fourth-order valence-electron chi connectivity index (χ4n) is 2.56. The van der Waals surface area contributed by atoms with Gasteiger partial charge in [-0.1, -0.05) is 12.1 Å². The maximum Gasteiger partial charge on any atom is 0.118 e. The van der Waals surface area contributed by atoms with Gasteiger partial charge < -0.3 is 15.5 Å². The lowest BCUT2D eigenvalue weighted by Gasteiger charge is -2.35. The van der Waals surface area contributed by atoms with Crippen LogP contribution in [0.5, 0.6) is 5.75 Å². The molecule has 0 bridgehead atoms. The number of nitrogens with zero attached hydrogens (tertiary/aromatic N) is 1. The fourth-order valence-corrected chi connectivity index (χ4v) is 2.56. The highest BCUT2D eigenvalue weighted by molar-refractivity contribution is 5.36. The highest BCUT2D eigenvalue weighted by atomic mass is 16.3. The number of aliphatic hydroxyl groups is 1. The molecule has 0 spiro atoms. The lowest BCUT2D eigenvalue weighted by atomic mass is 9.99. The van der Waals surface area contributed by atoms with E-state index >= 15 is 0 Å².